The van der Waals surface area contributed by atoms with Crippen molar-refractivity contribution in [3.8, 4) is 0 Å². The van der Waals surface area contributed by atoms with Crippen molar-refractivity contribution in [3.63, 3.8) is 0 Å². The van der Waals surface area contributed by atoms with Crippen LogP contribution in [0.25, 0.3) is 0 Å². The molecule has 2 unspecified atom stereocenters. The first kappa shape index (κ1) is 12.8. The molecule has 0 bridgehead atoms. The summed E-state index contributed by atoms with van der Waals surface area (Å²) in [6, 6.07) is 22.7. The van der Waals surface area contributed by atoms with Gasteiger partial charge in [-0.2, -0.15) is 0 Å². The molecule has 1 N–H and O–H groups in total. The second-order valence-corrected chi connectivity index (χ2v) is 4.60. The first-order chi connectivity index (χ1) is 8.81. The molecule has 1 nitrogen and oxygen atoms in total. The van der Waals surface area contributed by atoms with Gasteiger partial charge in [0, 0.05) is 12.1 Å². The zero-order chi connectivity index (χ0) is 12.8. The molecule has 2 rings (SSSR count). The normalized spacial score (nSPS) is 14.1. The lowest BCUT2D eigenvalue weighted by molar-refractivity contribution is 0.456. The van der Waals surface area contributed by atoms with Crippen LogP contribution in [0.2, 0.25) is 0 Å². The number of benzene rings is 2. The average Bonchev–Trinajstić information content (AvgIpc) is 2.46. The molecule has 0 aromatic heterocycles. The van der Waals surface area contributed by atoms with Crippen molar-refractivity contribution in [2.24, 2.45) is 0 Å². The average molecular weight is 238 g/mol. The molecule has 0 fully saturated rings. The summed E-state index contributed by atoms with van der Waals surface area (Å²) in [6.45, 7) is 4.42. The van der Waals surface area contributed by atoms with Gasteiger partial charge >= 0.3 is 0 Å². The minimum Gasteiger partial charge on any atom is -0.303 e. The second-order valence-electron chi connectivity index (χ2n) is 4.60. The van der Waals surface area contributed by atoms with Crippen LogP contribution in [0.1, 0.15) is 43.5 Å². The summed E-state index contributed by atoms with van der Waals surface area (Å²) in [7, 11) is 0. The first-order valence-electron chi connectivity index (χ1n) is 6.58. The SMILES string of the molecule is CCC(NC(C)c1c[c]ccc1)c1ccccc1. The molecule has 1 radical (unpaired) electrons. The highest BCUT2D eigenvalue weighted by atomic mass is 14.9. The third-order valence-corrected chi connectivity index (χ3v) is 3.29. The van der Waals surface area contributed by atoms with Gasteiger partial charge in [-0.05, 0) is 36.6 Å². The molecule has 2 atom stereocenters. The van der Waals surface area contributed by atoms with Gasteiger partial charge in [0.05, 0.1) is 0 Å². The Kier molecular flexibility index (Phi) is 4.54. The first-order valence-corrected chi connectivity index (χ1v) is 6.58. The van der Waals surface area contributed by atoms with Crippen LogP contribution in [0, 0.1) is 6.07 Å². The summed E-state index contributed by atoms with van der Waals surface area (Å²) < 4.78 is 0. The summed E-state index contributed by atoms with van der Waals surface area (Å²) in [5, 5.41) is 3.68. The van der Waals surface area contributed by atoms with E-state index in [0.717, 1.165) is 6.42 Å². The Morgan fingerprint density at radius 3 is 2.39 bits per heavy atom. The van der Waals surface area contributed by atoms with Gasteiger partial charge in [-0.1, -0.05) is 55.5 Å². The molecule has 0 spiro atoms. The molecule has 2 aromatic rings. The Hall–Kier alpha value is -1.60. The zero-order valence-electron chi connectivity index (χ0n) is 11.1. The van der Waals surface area contributed by atoms with Crippen LogP contribution in [0.15, 0.2) is 54.6 Å². The Balaban J connectivity index is 2.07. The molecular weight excluding hydrogens is 218 g/mol. The highest BCUT2D eigenvalue weighted by Crippen LogP contribution is 2.21. The fourth-order valence-electron chi connectivity index (χ4n) is 2.21. The van der Waals surface area contributed by atoms with Gasteiger partial charge < -0.3 is 5.32 Å². The summed E-state index contributed by atoms with van der Waals surface area (Å²) >= 11 is 0. The van der Waals surface area contributed by atoms with Crippen molar-refractivity contribution in [1.82, 2.24) is 5.32 Å². The van der Waals surface area contributed by atoms with Gasteiger partial charge in [-0.25, -0.2) is 0 Å². The van der Waals surface area contributed by atoms with Crippen LogP contribution in [0.5, 0.6) is 0 Å². The van der Waals surface area contributed by atoms with Crippen molar-refractivity contribution in [2.75, 3.05) is 0 Å². The van der Waals surface area contributed by atoms with Crippen molar-refractivity contribution in [2.45, 2.75) is 32.4 Å². The molecule has 0 aliphatic carbocycles. The molecule has 0 saturated carbocycles. The van der Waals surface area contributed by atoms with Crippen LogP contribution in [0.3, 0.4) is 0 Å². The number of rotatable bonds is 5. The molecular formula is C17H20N. The fourth-order valence-corrected chi connectivity index (χ4v) is 2.21. The van der Waals surface area contributed by atoms with E-state index in [1.54, 1.807) is 0 Å². The largest absolute Gasteiger partial charge is 0.303 e. The van der Waals surface area contributed by atoms with Gasteiger partial charge in [0.1, 0.15) is 0 Å². The molecule has 0 saturated heterocycles. The van der Waals surface area contributed by atoms with Crippen LogP contribution in [0.4, 0.5) is 0 Å². The van der Waals surface area contributed by atoms with E-state index in [-0.39, 0.29) is 0 Å². The van der Waals surface area contributed by atoms with Crippen LogP contribution < -0.4 is 5.32 Å². The fraction of sp³-hybridized carbons (Fsp3) is 0.294. The molecule has 2 aromatic carbocycles. The van der Waals surface area contributed by atoms with Crippen LogP contribution >= 0.6 is 0 Å². The van der Waals surface area contributed by atoms with Crippen molar-refractivity contribution in [1.29, 1.82) is 0 Å². The summed E-state index contributed by atoms with van der Waals surface area (Å²) in [5.74, 6) is 0. The summed E-state index contributed by atoms with van der Waals surface area (Å²) in [5.41, 5.74) is 2.64. The topological polar surface area (TPSA) is 12.0 Å². The maximum absolute atomic E-state index is 3.68. The van der Waals surface area contributed by atoms with Crippen molar-refractivity contribution >= 4 is 0 Å². The smallest absolute Gasteiger partial charge is 0.0323 e. The quantitative estimate of drug-likeness (QED) is 0.819. The summed E-state index contributed by atoms with van der Waals surface area (Å²) in [4.78, 5) is 0. The third kappa shape index (κ3) is 3.21. The van der Waals surface area contributed by atoms with E-state index in [2.05, 4.69) is 67.7 Å². The molecule has 0 amide bonds. The van der Waals surface area contributed by atoms with E-state index in [1.165, 1.54) is 11.1 Å². The molecule has 93 valence electrons. The molecule has 1 heteroatoms. The van der Waals surface area contributed by atoms with Crippen molar-refractivity contribution in [3.05, 3.63) is 71.8 Å². The lowest BCUT2D eigenvalue weighted by Crippen LogP contribution is -2.24. The van der Waals surface area contributed by atoms with E-state index in [1.807, 2.05) is 12.1 Å². The van der Waals surface area contributed by atoms with Gasteiger partial charge in [-0.3, -0.25) is 0 Å². The predicted molar refractivity (Wildman–Crippen MR) is 76.3 cm³/mol. The van der Waals surface area contributed by atoms with Crippen LogP contribution in [-0.2, 0) is 0 Å². The Morgan fingerprint density at radius 1 is 1.06 bits per heavy atom. The highest BCUT2D eigenvalue weighted by Gasteiger charge is 2.12. The van der Waals surface area contributed by atoms with Crippen molar-refractivity contribution < 1.29 is 0 Å². The third-order valence-electron chi connectivity index (χ3n) is 3.29. The lowest BCUT2D eigenvalue weighted by Gasteiger charge is -2.23. The summed E-state index contributed by atoms with van der Waals surface area (Å²) in [6.07, 6.45) is 1.09. The zero-order valence-corrected chi connectivity index (χ0v) is 11.1. The molecule has 18 heavy (non-hydrogen) atoms. The minimum atomic E-state index is 0.340. The van der Waals surface area contributed by atoms with E-state index >= 15 is 0 Å². The Labute approximate surface area is 110 Å². The van der Waals surface area contributed by atoms with Crippen LogP contribution in [-0.4, -0.2) is 0 Å². The van der Waals surface area contributed by atoms with Gasteiger partial charge in [0.25, 0.3) is 0 Å². The van der Waals surface area contributed by atoms with Gasteiger partial charge in [0.15, 0.2) is 0 Å². The van der Waals surface area contributed by atoms with Gasteiger partial charge in [-0.15, -0.1) is 0 Å². The minimum absolute atomic E-state index is 0.340. The second kappa shape index (κ2) is 6.36. The van der Waals surface area contributed by atoms with E-state index in [9.17, 15) is 0 Å². The molecule has 0 heterocycles. The predicted octanol–water partition coefficient (Wildman–Crippen LogP) is 4.29. The lowest BCUT2D eigenvalue weighted by atomic mass is 10.0. The Bertz CT molecular complexity index is 450. The highest BCUT2D eigenvalue weighted by molar-refractivity contribution is 5.21. The monoisotopic (exact) mass is 238 g/mol. The standard InChI is InChI=1S/C17H20N/c1-3-17(16-12-8-5-9-13-16)18-14(2)15-10-6-4-7-11-15/h4-6,8-14,17-18H,3H2,1-2H3. The van der Waals surface area contributed by atoms with Gasteiger partial charge in [0.2, 0.25) is 0 Å². The number of nitrogens with one attached hydrogen (secondary N) is 1. The maximum atomic E-state index is 3.68. The maximum Gasteiger partial charge on any atom is 0.0323 e. The number of hydrogen-bond donors (Lipinski definition) is 1. The van der Waals surface area contributed by atoms with E-state index in [4.69, 9.17) is 0 Å². The molecule has 0 aliphatic heterocycles. The van der Waals surface area contributed by atoms with E-state index in [0.29, 0.717) is 12.1 Å². The number of hydrogen-bond acceptors (Lipinski definition) is 1. The Morgan fingerprint density at radius 2 is 1.78 bits per heavy atom. The van der Waals surface area contributed by atoms with E-state index < -0.39 is 0 Å². The molecule has 0 aliphatic rings.